The third kappa shape index (κ3) is 6.43. The summed E-state index contributed by atoms with van der Waals surface area (Å²) in [6, 6.07) is 4.95. The van der Waals surface area contributed by atoms with Gasteiger partial charge in [-0.25, -0.2) is 0 Å². The van der Waals surface area contributed by atoms with Gasteiger partial charge in [0, 0.05) is 18.6 Å². The summed E-state index contributed by atoms with van der Waals surface area (Å²) in [4.78, 5) is 29.2. The first kappa shape index (κ1) is 17.5. The largest absolute Gasteiger partial charge is 0.469 e. The molecule has 1 aromatic carbocycles. The molecule has 0 radical (unpaired) electrons. The number of carbonyl (C=O) groups excluding carboxylic acids is 1. The van der Waals surface area contributed by atoms with Crippen LogP contribution in [0.5, 0.6) is 0 Å². The van der Waals surface area contributed by atoms with E-state index in [1.807, 2.05) is 6.92 Å². The van der Waals surface area contributed by atoms with Gasteiger partial charge in [-0.1, -0.05) is 25.5 Å². The second kappa shape index (κ2) is 9.42. The Morgan fingerprint density at radius 3 is 1.90 bits per heavy atom. The van der Waals surface area contributed by atoms with E-state index in [0.29, 0.717) is 6.42 Å². The van der Waals surface area contributed by atoms with Gasteiger partial charge in [0.25, 0.3) is 0 Å². The fourth-order valence-corrected chi connectivity index (χ4v) is 1.20. The number of unbranched alkanes of at least 4 members (excludes halogenated alkanes) is 1. The molecule has 0 aliphatic carbocycles. The predicted octanol–water partition coefficient (Wildman–Crippen LogP) is 2.85. The summed E-state index contributed by atoms with van der Waals surface area (Å²) in [5, 5.41) is 20.5. The summed E-state index contributed by atoms with van der Waals surface area (Å²) in [5.41, 5.74) is -0.968. The Morgan fingerprint density at radius 1 is 1.15 bits per heavy atom. The molecule has 0 spiro atoms. The Hall–Kier alpha value is -2.51. The number of hydrogen-bond donors (Lipinski definition) is 0. The van der Waals surface area contributed by atoms with E-state index in [1.165, 1.54) is 19.2 Å². The molecule has 20 heavy (non-hydrogen) atoms. The summed E-state index contributed by atoms with van der Waals surface area (Å²) in [5.74, 6) is -0.105. The zero-order valence-corrected chi connectivity index (χ0v) is 11.3. The van der Waals surface area contributed by atoms with Gasteiger partial charge in [0.05, 0.1) is 17.0 Å². The lowest BCUT2D eigenvalue weighted by Gasteiger charge is -1.93. The normalized spacial score (nSPS) is 9.10. The van der Waals surface area contributed by atoms with Gasteiger partial charge in [-0.05, 0) is 6.42 Å². The first-order valence-electron chi connectivity index (χ1n) is 5.88. The zero-order chi connectivity index (χ0) is 15.5. The number of nitro groups is 2. The van der Waals surface area contributed by atoms with Crippen molar-refractivity contribution in [3.05, 3.63) is 44.5 Å². The average molecular weight is 284 g/mol. The molecular weight excluding hydrogens is 268 g/mol. The van der Waals surface area contributed by atoms with Crippen LogP contribution in [-0.2, 0) is 9.53 Å². The Morgan fingerprint density at radius 2 is 1.60 bits per heavy atom. The number of rotatable bonds is 5. The maximum absolute atomic E-state index is 10.3. The molecule has 0 aliphatic heterocycles. The molecule has 8 nitrogen and oxygen atoms in total. The van der Waals surface area contributed by atoms with Gasteiger partial charge in [0.1, 0.15) is 0 Å². The van der Waals surface area contributed by atoms with E-state index in [9.17, 15) is 25.0 Å². The van der Waals surface area contributed by atoms with Gasteiger partial charge in [0.2, 0.25) is 0 Å². The van der Waals surface area contributed by atoms with E-state index in [1.54, 1.807) is 0 Å². The number of carbonyl (C=O) groups is 1. The zero-order valence-electron chi connectivity index (χ0n) is 11.3. The predicted molar refractivity (Wildman–Crippen MR) is 71.3 cm³/mol. The van der Waals surface area contributed by atoms with Crippen LogP contribution in [0.2, 0.25) is 0 Å². The van der Waals surface area contributed by atoms with Crippen molar-refractivity contribution in [2.24, 2.45) is 0 Å². The molecule has 0 bridgehead atoms. The van der Waals surface area contributed by atoms with Gasteiger partial charge in [-0.3, -0.25) is 25.0 Å². The quantitative estimate of drug-likeness (QED) is 0.466. The number of benzene rings is 1. The van der Waals surface area contributed by atoms with E-state index < -0.39 is 21.2 Å². The molecule has 1 aromatic rings. The Kier molecular flexibility index (Phi) is 8.24. The van der Waals surface area contributed by atoms with Gasteiger partial charge >= 0.3 is 17.3 Å². The van der Waals surface area contributed by atoms with Gasteiger partial charge < -0.3 is 4.74 Å². The first-order chi connectivity index (χ1) is 9.43. The molecule has 110 valence electrons. The second-order valence-corrected chi connectivity index (χ2v) is 3.68. The van der Waals surface area contributed by atoms with Crippen LogP contribution in [0.15, 0.2) is 24.3 Å². The minimum atomic E-state index is -0.780. The highest BCUT2D eigenvalue weighted by molar-refractivity contribution is 5.68. The SMILES string of the molecule is CCCCC(=O)OC.O=[N+]([O-])c1ccccc1[N+](=O)[O-]. The summed E-state index contributed by atoms with van der Waals surface area (Å²) in [7, 11) is 1.41. The highest BCUT2D eigenvalue weighted by Gasteiger charge is 2.21. The molecule has 0 N–H and O–H groups in total. The number of nitrogens with zero attached hydrogens (tertiary/aromatic N) is 2. The topological polar surface area (TPSA) is 113 Å². The lowest BCUT2D eigenvalue weighted by atomic mass is 10.3. The average Bonchev–Trinajstić information content (AvgIpc) is 2.45. The van der Waals surface area contributed by atoms with Crippen LogP contribution in [0.3, 0.4) is 0 Å². The van der Waals surface area contributed by atoms with E-state index >= 15 is 0 Å². The molecule has 0 fully saturated rings. The first-order valence-corrected chi connectivity index (χ1v) is 5.88. The van der Waals surface area contributed by atoms with Gasteiger partial charge in [-0.2, -0.15) is 0 Å². The maximum atomic E-state index is 10.3. The minimum Gasteiger partial charge on any atom is -0.469 e. The van der Waals surface area contributed by atoms with Crippen LogP contribution in [0, 0.1) is 20.2 Å². The van der Waals surface area contributed by atoms with Crippen molar-refractivity contribution in [3.63, 3.8) is 0 Å². The van der Waals surface area contributed by atoms with Crippen LogP contribution in [0.1, 0.15) is 26.2 Å². The molecule has 8 heteroatoms. The number of methoxy groups -OCH3 is 1. The van der Waals surface area contributed by atoms with Gasteiger partial charge in [-0.15, -0.1) is 0 Å². The highest BCUT2D eigenvalue weighted by Crippen LogP contribution is 2.24. The number of nitro benzene ring substituents is 2. The van der Waals surface area contributed by atoms with Crippen molar-refractivity contribution in [2.45, 2.75) is 26.2 Å². The van der Waals surface area contributed by atoms with Crippen LogP contribution < -0.4 is 0 Å². The van der Waals surface area contributed by atoms with Crippen molar-refractivity contribution in [3.8, 4) is 0 Å². The molecule has 0 saturated carbocycles. The van der Waals surface area contributed by atoms with Crippen molar-refractivity contribution in [1.29, 1.82) is 0 Å². The monoisotopic (exact) mass is 284 g/mol. The molecular formula is C12H16N2O6. The molecule has 0 aliphatic rings. The number of ether oxygens (including phenoxy) is 1. The Bertz CT molecular complexity index is 442. The summed E-state index contributed by atoms with van der Waals surface area (Å²) in [6.45, 7) is 2.04. The fraction of sp³-hybridized carbons (Fsp3) is 0.417. The number of esters is 1. The second-order valence-electron chi connectivity index (χ2n) is 3.68. The van der Waals surface area contributed by atoms with Crippen LogP contribution in [0.4, 0.5) is 11.4 Å². The molecule has 0 saturated heterocycles. The smallest absolute Gasteiger partial charge is 0.346 e. The van der Waals surface area contributed by atoms with Crippen LogP contribution in [-0.4, -0.2) is 22.9 Å². The van der Waals surface area contributed by atoms with Gasteiger partial charge in [0.15, 0.2) is 0 Å². The standard InChI is InChI=1S/C6H4N2O4.C6H12O2/c9-7(10)5-3-1-2-4-6(5)8(11)12;1-3-4-5-6(7)8-2/h1-4H;3-5H2,1-2H3. The highest BCUT2D eigenvalue weighted by atomic mass is 16.6. The van der Waals surface area contributed by atoms with Crippen molar-refractivity contribution in [2.75, 3.05) is 7.11 Å². The summed E-state index contributed by atoms with van der Waals surface area (Å²) >= 11 is 0. The van der Waals surface area contributed by atoms with E-state index in [2.05, 4.69) is 4.74 Å². The number of hydrogen-bond acceptors (Lipinski definition) is 6. The fourth-order valence-electron chi connectivity index (χ4n) is 1.20. The van der Waals surface area contributed by atoms with Crippen molar-refractivity contribution >= 4 is 17.3 Å². The summed E-state index contributed by atoms with van der Waals surface area (Å²) < 4.78 is 4.41. The maximum Gasteiger partial charge on any atom is 0.346 e. The lowest BCUT2D eigenvalue weighted by Crippen LogP contribution is -1.98. The summed E-state index contributed by atoms with van der Waals surface area (Å²) in [6.07, 6.45) is 2.55. The molecule has 0 aromatic heterocycles. The van der Waals surface area contributed by atoms with Crippen molar-refractivity contribution < 1.29 is 19.4 Å². The molecule has 0 atom stereocenters. The molecule has 0 unspecified atom stereocenters. The van der Waals surface area contributed by atoms with Crippen LogP contribution >= 0.6 is 0 Å². The third-order valence-corrected chi connectivity index (χ3v) is 2.24. The molecule has 0 amide bonds. The lowest BCUT2D eigenvalue weighted by molar-refractivity contribution is -0.422. The van der Waals surface area contributed by atoms with E-state index in [-0.39, 0.29) is 5.97 Å². The van der Waals surface area contributed by atoms with E-state index in [4.69, 9.17) is 0 Å². The third-order valence-electron chi connectivity index (χ3n) is 2.24. The van der Waals surface area contributed by atoms with Crippen LogP contribution in [0.25, 0.3) is 0 Å². The molecule has 1 rings (SSSR count). The van der Waals surface area contributed by atoms with Crippen molar-refractivity contribution in [1.82, 2.24) is 0 Å². The minimum absolute atomic E-state index is 0.105. The molecule has 0 heterocycles. The Balaban J connectivity index is 0.000000396. The Labute approximate surface area is 115 Å². The van der Waals surface area contributed by atoms with E-state index in [0.717, 1.165) is 25.0 Å². The number of para-hydroxylation sites is 2.